The van der Waals surface area contributed by atoms with Gasteiger partial charge in [0.05, 0.1) is 15.1 Å². The molecule has 0 aromatic heterocycles. The van der Waals surface area contributed by atoms with Crippen molar-refractivity contribution >= 4 is 11.8 Å². The lowest BCUT2D eigenvalue weighted by Gasteiger charge is -2.11. The van der Waals surface area contributed by atoms with Crippen LogP contribution < -0.4 is 0 Å². The first-order valence-corrected chi connectivity index (χ1v) is 5.87. The van der Waals surface area contributed by atoms with Gasteiger partial charge in [-0.2, -0.15) is 0 Å². The molecular weight excluding hydrogens is 281 g/mol. The lowest BCUT2D eigenvalue weighted by molar-refractivity contribution is -0.790. The maximum Gasteiger partial charge on any atom is 0.455 e. The monoisotopic (exact) mass is 291 g/mol. The number of halogens is 1. The Morgan fingerprint density at radius 1 is 1.38 bits per heavy atom. The second kappa shape index (κ2) is 5.58. The summed E-state index contributed by atoms with van der Waals surface area (Å²) < 4.78 is 13.2. The molecule has 2 unspecified atom stereocenters. The molecule has 0 radical (unpaired) electrons. The van der Waals surface area contributed by atoms with Gasteiger partial charge in [-0.1, -0.05) is 10.8 Å². The highest BCUT2D eigenvalue weighted by Gasteiger charge is 2.55. The number of rotatable bonds is 3. The van der Waals surface area contributed by atoms with Gasteiger partial charge >= 0.3 is 24.1 Å². The number of carboxylic acids is 1. The summed E-state index contributed by atoms with van der Waals surface area (Å²) in [6.45, 7) is 0. The van der Waals surface area contributed by atoms with Gasteiger partial charge in [0.25, 0.3) is 0 Å². The molecule has 1 aliphatic heterocycles. The minimum atomic E-state index is -1.56. The molecule has 0 spiro atoms. The average molecular weight is 291 g/mol. The third-order valence-electron chi connectivity index (χ3n) is 2.90. The topological polar surface area (TPSA) is 89.8 Å². The molecular formula is C13H10FN3O4+2. The van der Waals surface area contributed by atoms with E-state index in [-0.39, 0.29) is 16.7 Å². The highest BCUT2D eigenvalue weighted by Crippen LogP contribution is 2.25. The number of nitroso groups, excluding NO2 is 2. The fourth-order valence-corrected chi connectivity index (χ4v) is 1.94. The number of nitrogens with zero attached hydrogens (tertiary/aromatic N) is 3. The van der Waals surface area contributed by atoms with Gasteiger partial charge in [-0.25, -0.2) is 9.18 Å². The Labute approximate surface area is 118 Å². The normalized spacial score (nSPS) is 21.6. The molecule has 8 heteroatoms. The summed E-state index contributed by atoms with van der Waals surface area (Å²) in [5, 5.41) is 8.99. The fourth-order valence-electron chi connectivity index (χ4n) is 1.94. The van der Waals surface area contributed by atoms with Gasteiger partial charge in [0.2, 0.25) is 0 Å². The van der Waals surface area contributed by atoms with Crippen molar-refractivity contribution in [2.24, 2.45) is 4.99 Å². The van der Waals surface area contributed by atoms with Gasteiger partial charge in [-0.15, -0.1) is 6.42 Å². The van der Waals surface area contributed by atoms with Crippen molar-refractivity contribution < 1.29 is 23.8 Å². The Bertz CT molecular complexity index is 690. The predicted molar refractivity (Wildman–Crippen MR) is 68.7 cm³/mol. The van der Waals surface area contributed by atoms with Gasteiger partial charge in [0.15, 0.2) is 0 Å². The zero-order valence-electron chi connectivity index (χ0n) is 10.6. The van der Waals surface area contributed by atoms with Crippen LogP contribution in [0.15, 0.2) is 29.3 Å². The van der Waals surface area contributed by atoms with Crippen LogP contribution in [0.4, 0.5) is 4.39 Å². The highest BCUT2D eigenvalue weighted by molar-refractivity contribution is 6.30. The number of carbonyl (C=O) groups is 1. The van der Waals surface area contributed by atoms with Crippen LogP contribution in [0.2, 0.25) is 0 Å². The molecule has 0 bridgehead atoms. The number of amidine groups is 1. The van der Waals surface area contributed by atoms with E-state index in [4.69, 9.17) is 11.5 Å². The van der Waals surface area contributed by atoms with Crippen molar-refractivity contribution in [2.45, 2.75) is 18.8 Å². The molecule has 106 valence electrons. The van der Waals surface area contributed by atoms with Crippen LogP contribution >= 0.6 is 0 Å². The smallest absolute Gasteiger partial charge is 0.455 e. The Kier molecular flexibility index (Phi) is 3.84. The lowest BCUT2D eigenvalue weighted by Crippen LogP contribution is -2.44. The number of terminal acetylenes is 1. The molecule has 1 N–H and O–H groups in total. The Morgan fingerprint density at radius 3 is 2.52 bits per heavy atom. The second-order valence-electron chi connectivity index (χ2n) is 4.26. The standard InChI is InChI=1S/C13H9FN3O4/c1-2-3-10-15-11(13(18)19)17(21)12(16(10)20)8-4-6-9(14)7-5-8/h1,4-7,10,12H,3H2/q+1/p+1. The van der Waals surface area contributed by atoms with E-state index in [0.717, 1.165) is 12.1 Å². The van der Waals surface area contributed by atoms with Crippen LogP contribution in [0.5, 0.6) is 0 Å². The van der Waals surface area contributed by atoms with Crippen LogP contribution in [-0.2, 0) is 4.79 Å². The molecule has 2 rings (SSSR count). The minimum Gasteiger partial charge on any atom is -0.472 e. The molecule has 21 heavy (non-hydrogen) atoms. The van der Waals surface area contributed by atoms with E-state index in [1.807, 2.05) is 0 Å². The maximum atomic E-state index is 12.9. The van der Waals surface area contributed by atoms with Crippen molar-refractivity contribution in [2.75, 3.05) is 0 Å². The van der Waals surface area contributed by atoms with Gasteiger partial charge in [-0.3, -0.25) is 0 Å². The van der Waals surface area contributed by atoms with Crippen LogP contribution in [0.3, 0.4) is 0 Å². The highest BCUT2D eigenvalue weighted by atomic mass is 19.1. The van der Waals surface area contributed by atoms with E-state index >= 15 is 0 Å². The third kappa shape index (κ3) is 2.67. The van der Waals surface area contributed by atoms with Gasteiger partial charge < -0.3 is 5.11 Å². The number of aliphatic imine (C=N–C) groups is 1. The van der Waals surface area contributed by atoms with E-state index in [2.05, 4.69) is 10.9 Å². The molecule has 1 aromatic rings. The van der Waals surface area contributed by atoms with Gasteiger partial charge in [0.1, 0.15) is 12.2 Å². The summed E-state index contributed by atoms with van der Waals surface area (Å²) in [5.41, 5.74) is 0.150. The quantitative estimate of drug-likeness (QED) is 0.670. The van der Waals surface area contributed by atoms with E-state index in [1.165, 1.54) is 12.1 Å². The summed E-state index contributed by atoms with van der Waals surface area (Å²) in [6.07, 6.45) is 2.30. The van der Waals surface area contributed by atoms with Gasteiger partial charge in [0, 0.05) is 9.90 Å². The number of hydrogen-bond donors (Lipinski definition) is 1. The molecule has 1 aliphatic rings. The Hall–Kier alpha value is -2.95. The zero-order chi connectivity index (χ0) is 15.6. The summed E-state index contributed by atoms with van der Waals surface area (Å²) in [6, 6.07) is 4.60. The number of carboxylic acid groups (broad SMARTS) is 1. The van der Waals surface area contributed by atoms with Crippen molar-refractivity contribution in [1.29, 1.82) is 0 Å². The molecule has 0 amide bonds. The third-order valence-corrected chi connectivity index (χ3v) is 2.90. The molecule has 1 aromatic carbocycles. The molecule has 0 saturated heterocycles. The summed E-state index contributed by atoms with van der Waals surface area (Å²) in [4.78, 5) is 38.8. The van der Waals surface area contributed by atoms with Crippen LogP contribution in [0.1, 0.15) is 18.2 Å². The molecule has 2 atom stereocenters. The Morgan fingerprint density at radius 2 is 2.00 bits per heavy atom. The van der Waals surface area contributed by atoms with Gasteiger partial charge in [-0.05, 0) is 24.3 Å². The molecule has 7 nitrogen and oxygen atoms in total. The van der Waals surface area contributed by atoms with Crippen molar-refractivity contribution in [3.8, 4) is 12.3 Å². The van der Waals surface area contributed by atoms with Crippen molar-refractivity contribution in [3.63, 3.8) is 0 Å². The molecule has 0 fully saturated rings. The van der Waals surface area contributed by atoms with E-state index in [0.29, 0.717) is 4.76 Å². The maximum absolute atomic E-state index is 12.9. The average Bonchev–Trinajstić information content (AvgIpc) is 2.44. The lowest BCUT2D eigenvalue weighted by atomic mass is 10.1. The van der Waals surface area contributed by atoms with Crippen LogP contribution in [0.25, 0.3) is 0 Å². The van der Waals surface area contributed by atoms with E-state index in [1.54, 1.807) is 0 Å². The number of benzene rings is 1. The number of hydrogen-bond acceptors (Lipinski definition) is 4. The minimum absolute atomic E-state index is 0.0183. The molecule has 0 aliphatic carbocycles. The van der Waals surface area contributed by atoms with E-state index < -0.39 is 30.0 Å². The van der Waals surface area contributed by atoms with Crippen molar-refractivity contribution in [3.05, 3.63) is 45.5 Å². The number of aliphatic carboxylic acids is 1. The first-order chi connectivity index (χ1) is 9.95. The fraction of sp³-hybridized carbons (Fsp3) is 0.231. The molecule has 1 heterocycles. The van der Waals surface area contributed by atoms with Crippen molar-refractivity contribution in [1.82, 2.24) is 0 Å². The summed E-state index contributed by atoms with van der Waals surface area (Å²) in [5.74, 6) is -0.715. The second-order valence-corrected chi connectivity index (χ2v) is 4.26. The first kappa shape index (κ1) is 14.5. The summed E-state index contributed by atoms with van der Waals surface area (Å²) in [7, 11) is 0. The Balaban J connectivity index is 2.50. The van der Waals surface area contributed by atoms with E-state index in [9.17, 15) is 19.0 Å². The SMILES string of the molecule is C#CCC1N=C(C(=O)O)[N+](=O)C(c2ccc(F)cc2)[N+]1=O. The predicted octanol–water partition coefficient (Wildman–Crippen LogP) is 1.23. The first-order valence-electron chi connectivity index (χ1n) is 5.87. The zero-order valence-corrected chi connectivity index (χ0v) is 10.6. The molecule has 0 saturated carbocycles. The van der Waals surface area contributed by atoms with Crippen LogP contribution in [0, 0.1) is 28.0 Å². The summed E-state index contributed by atoms with van der Waals surface area (Å²) >= 11 is 0. The van der Waals surface area contributed by atoms with Crippen LogP contribution in [-0.4, -0.2) is 32.6 Å². The largest absolute Gasteiger partial charge is 0.472 e.